The topological polar surface area (TPSA) is 73.7 Å². The van der Waals surface area contributed by atoms with Gasteiger partial charge in [-0.25, -0.2) is 9.97 Å². The Balaban J connectivity index is 1.83. The fourth-order valence-corrected chi connectivity index (χ4v) is 3.55. The van der Waals surface area contributed by atoms with Crippen molar-refractivity contribution in [3.8, 4) is 0 Å². The predicted octanol–water partition coefficient (Wildman–Crippen LogP) is 4.93. The lowest BCUT2D eigenvalue weighted by atomic mass is 9.87. The van der Waals surface area contributed by atoms with Crippen molar-refractivity contribution in [2.45, 2.75) is 12.8 Å². The molecule has 4 rings (SSSR count). The average molecular weight is 390 g/mol. The van der Waals surface area contributed by atoms with Crippen LogP contribution in [0, 0.1) is 5.41 Å². The molecule has 0 amide bonds. The second-order valence-corrected chi connectivity index (χ2v) is 6.92. The van der Waals surface area contributed by atoms with Crippen molar-refractivity contribution in [2.75, 3.05) is 12.4 Å². The number of halogens is 1. The van der Waals surface area contributed by atoms with Crippen molar-refractivity contribution in [2.24, 2.45) is 0 Å². The van der Waals surface area contributed by atoms with Crippen LogP contribution in [0.3, 0.4) is 0 Å². The number of fused-ring (bicyclic) bond motifs is 1. The molecule has 140 valence electrons. The van der Waals surface area contributed by atoms with Gasteiger partial charge in [0.05, 0.1) is 22.1 Å². The van der Waals surface area contributed by atoms with Crippen molar-refractivity contribution in [3.05, 3.63) is 82.6 Å². The standard InChI is InChI=1S/C22H20ClN5/c1-25-20(14-7-3-2-4-8-14)19-17(24)12-11-15-13-26-22(28-21(15)19)27-18-10-6-5-9-16(18)23/h2-10,13,24-25H,11-12H2,1H3,(H,26,27,28)/b20-19+,24-17?. The van der Waals surface area contributed by atoms with Crippen LogP contribution in [-0.2, 0) is 6.42 Å². The summed E-state index contributed by atoms with van der Waals surface area (Å²) in [6.07, 6.45) is 3.27. The molecular weight excluding hydrogens is 370 g/mol. The first-order valence-electron chi connectivity index (χ1n) is 9.10. The first-order valence-corrected chi connectivity index (χ1v) is 9.48. The number of nitrogens with zero attached hydrogens (tertiary/aromatic N) is 2. The number of benzene rings is 2. The number of anilines is 2. The van der Waals surface area contributed by atoms with Gasteiger partial charge in [-0.05, 0) is 36.1 Å². The van der Waals surface area contributed by atoms with Crippen LogP contribution >= 0.6 is 11.6 Å². The van der Waals surface area contributed by atoms with Crippen LogP contribution in [0.1, 0.15) is 23.2 Å². The second-order valence-electron chi connectivity index (χ2n) is 6.52. The maximum absolute atomic E-state index is 8.59. The zero-order valence-corrected chi connectivity index (χ0v) is 16.2. The number of hydrogen-bond acceptors (Lipinski definition) is 5. The summed E-state index contributed by atoms with van der Waals surface area (Å²) in [5.74, 6) is 0.461. The highest BCUT2D eigenvalue weighted by Crippen LogP contribution is 2.33. The zero-order chi connectivity index (χ0) is 19.5. The van der Waals surface area contributed by atoms with Crippen LogP contribution < -0.4 is 10.6 Å². The molecule has 0 bridgehead atoms. The van der Waals surface area contributed by atoms with Gasteiger partial charge >= 0.3 is 0 Å². The van der Waals surface area contributed by atoms with Gasteiger partial charge in [0, 0.05) is 24.5 Å². The molecule has 0 saturated carbocycles. The van der Waals surface area contributed by atoms with Crippen LogP contribution in [0.25, 0.3) is 11.3 Å². The number of para-hydroxylation sites is 1. The van der Waals surface area contributed by atoms with Crippen LogP contribution in [0.5, 0.6) is 0 Å². The molecule has 6 heteroatoms. The van der Waals surface area contributed by atoms with Crippen LogP contribution in [-0.4, -0.2) is 22.7 Å². The van der Waals surface area contributed by atoms with E-state index in [1.165, 1.54) is 0 Å². The molecule has 1 aliphatic rings. The maximum atomic E-state index is 8.59. The molecule has 3 aromatic rings. The van der Waals surface area contributed by atoms with Gasteiger partial charge in [-0.3, -0.25) is 0 Å². The molecule has 5 nitrogen and oxygen atoms in total. The summed E-state index contributed by atoms with van der Waals surface area (Å²) >= 11 is 6.25. The number of rotatable bonds is 4. The van der Waals surface area contributed by atoms with E-state index in [0.29, 0.717) is 23.1 Å². The van der Waals surface area contributed by atoms with E-state index in [1.54, 1.807) is 0 Å². The smallest absolute Gasteiger partial charge is 0.227 e. The molecule has 0 aliphatic heterocycles. The normalized spacial score (nSPS) is 15.0. The summed E-state index contributed by atoms with van der Waals surface area (Å²) in [6.45, 7) is 0. The molecular formula is C22H20ClN5. The number of allylic oxidation sites excluding steroid dienone is 1. The fraction of sp³-hybridized carbons (Fsp3) is 0.136. The van der Waals surface area contributed by atoms with E-state index in [0.717, 1.165) is 40.2 Å². The molecule has 1 aromatic heterocycles. The Morgan fingerprint density at radius 1 is 1.04 bits per heavy atom. The molecule has 3 N–H and O–H groups in total. The minimum absolute atomic E-state index is 0.461. The van der Waals surface area contributed by atoms with Gasteiger partial charge in [0.1, 0.15) is 0 Å². The summed E-state index contributed by atoms with van der Waals surface area (Å²) in [4.78, 5) is 9.21. The minimum Gasteiger partial charge on any atom is -0.387 e. The molecule has 0 saturated heterocycles. The first kappa shape index (κ1) is 18.2. The van der Waals surface area contributed by atoms with Crippen molar-refractivity contribution >= 4 is 40.2 Å². The van der Waals surface area contributed by atoms with Gasteiger partial charge in [0.15, 0.2) is 0 Å². The predicted molar refractivity (Wildman–Crippen MR) is 115 cm³/mol. The van der Waals surface area contributed by atoms with Gasteiger partial charge in [-0.1, -0.05) is 54.1 Å². The number of aromatic nitrogens is 2. The lowest BCUT2D eigenvalue weighted by Crippen LogP contribution is -2.20. The Morgan fingerprint density at radius 3 is 2.54 bits per heavy atom. The molecule has 0 fully saturated rings. The highest BCUT2D eigenvalue weighted by atomic mass is 35.5. The van der Waals surface area contributed by atoms with Gasteiger partial charge in [-0.2, -0.15) is 0 Å². The van der Waals surface area contributed by atoms with Gasteiger partial charge < -0.3 is 16.0 Å². The summed E-state index contributed by atoms with van der Waals surface area (Å²) in [5, 5.41) is 15.7. The minimum atomic E-state index is 0.461. The van der Waals surface area contributed by atoms with Crippen molar-refractivity contribution in [1.29, 1.82) is 5.41 Å². The van der Waals surface area contributed by atoms with Crippen molar-refractivity contribution in [1.82, 2.24) is 15.3 Å². The largest absolute Gasteiger partial charge is 0.387 e. The highest BCUT2D eigenvalue weighted by molar-refractivity contribution is 6.33. The van der Waals surface area contributed by atoms with Crippen molar-refractivity contribution < 1.29 is 0 Å². The van der Waals surface area contributed by atoms with Gasteiger partial charge in [-0.15, -0.1) is 0 Å². The van der Waals surface area contributed by atoms with Gasteiger partial charge in [0.2, 0.25) is 5.95 Å². The van der Waals surface area contributed by atoms with E-state index in [4.69, 9.17) is 22.0 Å². The summed E-state index contributed by atoms with van der Waals surface area (Å²) in [5.41, 5.74) is 5.89. The molecule has 0 radical (unpaired) electrons. The monoisotopic (exact) mass is 389 g/mol. The Kier molecular flexibility index (Phi) is 5.08. The van der Waals surface area contributed by atoms with E-state index in [2.05, 4.69) is 15.6 Å². The summed E-state index contributed by atoms with van der Waals surface area (Å²) in [6, 6.07) is 17.5. The Labute approximate surface area is 169 Å². The third-order valence-corrected chi connectivity index (χ3v) is 5.06. The SMILES string of the molecule is CN/C(=C1\C(=N)CCc2cnc(Nc3ccccc3Cl)nc21)c1ccccc1. The molecule has 0 unspecified atom stereocenters. The van der Waals surface area contributed by atoms with E-state index < -0.39 is 0 Å². The Morgan fingerprint density at radius 2 is 1.79 bits per heavy atom. The summed E-state index contributed by atoms with van der Waals surface area (Å²) in [7, 11) is 1.88. The van der Waals surface area contributed by atoms with Crippen LogP contribution in [0.15, 0.2) is 60.8 Å². The molecule has 28 heavy (non-hydrogen) atoms. The quantitative estimate of drug-likeness (QED) is 0.591. The van der Waals surface area contributed by atoms with E-state index >= 15 is 0 Å². The molecule has 0 spiro atoms. The third-order valence-electron chi connectivity index (χ3n) is 4.73. The molecule has 0 atom stereocenters. The lowest BCUT2D eigenvalue weighted by molar-refractivity contribution is 0.955. The first-order chi connectivity index (χ1) is 13.7. The van der Waals surface area contributed by atoms with Crippen LogP contribution in [0.2, 0.25) is 5.02 Å². The van der Waals surface area contributed by atoms with Crippen molar-refractivity contribution in [3.63, 3.8) is 0 Å². The van der Waals surface area contributed by atoms with Crippen LogP contribution in [0.4, 0.5) is 11.6 Å². The van der Waals surface area contributed by atoms with E-state index in [9.17, 15) is 0 Å². The Bertz CT molecular complexity index is 1060. The number of nitrogens with one attached hydrogen (secondary N) is 3. The fourth-order valence-electron chi connectivity index (χ4n) is 3.36. The average Bonchev–Trinajstić information content (AvgIpc) is 2.73. The van der Waals surface area contributed by atoms with E-state index in [-0.39, 0.29) is 0 Å². The molecule has 2 aromatic carbocycles. The maximum Gasteiger partial charge on any atom is 0.227 e. The molecule has 1 aliphatic carbocycles. The number of hydrogen-bond donors (Lipinski definition) is 3. The van der Waals surface area contributed by atoms with Gasteiger partial charge in [0.25, 0.3) is 0 Å². The number of aryl methyl sites for hydroxylation is 1. The Hall–Kier alpha value is -3.18. The van der Waals surface area contributed by atoms with E-state index in [1.807, 2.05) is 67.8 Å². The second kappa shape index (κ2) is 7.82. The summed E-state index contributed by atoms with van der Waals surface area (Å²) < 4.78 is 0. The zero-order valence-electron chi connectivity index (χ0n) is 15.5. The third kappa shape index (κ3) is 3.49. The molecule has 1 heterocycles. The highest BCUT2D eigenvalue weighted by Gasteiger charge is 2.25. The lowest BCUT2D eigenvalue weighted by Gasteiger charge is -2.23.